The lowest BCUT2D eigenvalue weighted by molar-refractivity contribution is -0.120. The fourth-order valence-corrected chi connectivity index (χ4v) is 3.38. The SMILES string of the molecule is CC(C)(C)c1csc([C@H]2CN(CCC(=O)NC(N)=O)CCO2)n1. The number of carbonyl (C=O) groups excluding carboxylic acids is 2. The molecule has 0 spiro atoms. The van der Waals surface area contributed by atoms with E-state index in [1.165, 1.54) is 0 Å². The van der Waals surface area contributed by atoms with Crippen LogP contribution in [-0.4, -0.2) is 48.1 Å². The lowest BCUT2D eigenvalue weighted by Crippen LogP contribution is -2.41. The maximum atomic E-state index is 11.5. The molecule has 0 aliphatic carbocycles. The Morgan fingerprint density at radius 3 is 2.87 bits per heavy atom. The molecule has 23 heavy (non-hydrogen) atoms. The van der Waals surface area contributed by atoms with Crippen molar-refractivity contribution in [2.45, 2.75) is 38.7 Å². The van der Waals surface area contributed by atoms with Crippen molar-refractivity contribution >= 4 is 23.3 Å². The Kier molecular flexibility index (Phi) is 5.72. The monoisotopic (exact) mass is 340 g/mol. The summed E-state index contributed by atoms with van der Waals surface area (Å²) < 4.78 is 5.82. The molecule has 7 nitrogen and oxygen atoms in total. The highest BCUT2D eigenvalue weighted by Gasteiger charge is 2.26. The Labute approximate surface area is 140 Å². The summed E-state index contributed by atoms with van der Waals surface area (Å²) in [4.78, 5) is 29.0. The van der Waals surface area contributed by atoms with Crippen LogP contribution in [0.2, 0.25) is 0 Å². The zero-order valence-electron chi connectivity index (χ0n) is 13.8. The van der Waals surface area contributed by atoms with Crippen LogP contribution in [-0.2, 0) is 14.9 Å². The zero-order chi connectivity index (χ0) is 17.0. The van der Waals surface area contributed by atoms with Gasteiger partial charge in [0.25, 0.3) is 0 Å². The minimum Gasteiger partial charge on any atom is -0.368 e. The summed E-state index contributed by atoms with van der Waals surface area (Å²) in [7, 11) is 0. The molecule has 2 rings (SSSR count). The van der Waals surface area contributed by atoms with E-state index in [1.54, 1.807) is 11.3 Å². The van der Waals surface area contributed by atoms with Gasteiger partial charge in [-0.3, -0.25) is 15.0 Å². The maximum absolute atomic E-state index is 11.5. The molecule has 0 unspecified atom stereocenters. The van der Waals surface area contributed by atoms with Crippen LogP contribution >= 0.6 is 11.3 Å². The molecular formula is C15H24N4O3S. The average molecular weight is 340 g/mol. The lowest BCUT2D eigenvalue weighted by atomic mass is 9.93. The van der Waals surface area contributed by atoms with Crippen LogP contribution in [0.5, 0.6) is 0 Å². The van der Waals surface area contributed by atoms with Gasteiger partial charge in [-0.1, -0.05) is 20.8 Å². The number of morpholine rings is 1. The second kappa shape index (κ2) is 7.37. The van der Waals surface area contributed by atoms with Crippen molar-refractivity contribution in [3.05, 3.63) is 16.1 Å². The van der Waals surface area contributed by atoms with E-state index in [9.17, 15) is 9.59 Å². The van der Waals surface area contributed by atoms with Crippen LogP contribution in [0.25, 0.3) is 0 Å². The third kappa shape index (κ3) is 5.26. The number of hydrogen-bond acceptors (Lipinski definition) is 6. The summed E-state index contributed by atoms with van der Waals surface area (Å²) in [6.07, 6.45) is 0.171. The zero-order valence-corrected chi connectivity index (χ0v) is 14.6. The topological polar surface area (TPSA) is 97.6 Å². The van der Waals surface area contributed by atoms with Gasteiger partial charge in [-0.2, -0.15) is 0 Å². The van der Waals surface area contributed by atoms with Gasteiger partial charge in [0.05, 0.1) is 12.3 Å². The van der Waals surface area contributed by atoms with Crippen molar-refractivity contribution < 1.29 is 14.3 Å². The first kappa shape index (κ1) is 17.8. The van der Waals surface area contributed by atoms with Crippen molar-refractivity contribution in [3.63, 3.8) is 0 Å². The minimum atomic E-state index is -0.813. The van der Waals surface area contributed by atoms with E-state index < -0.39 is 6.03 Å². The van der Waals surface area contributed by atoms with Gasteiger partial charge in [0.2, 0.25) is 5.91 Å². The van der Waals surface area contributed by atoms with Crippen LogP contribution in [0.3, 0.4) is 0 Å². The molecule has 8 heteroatoms. The first-order valence-electron chi connectivity index (χ1n) is 7.65. The summed E-state index contributed by atoms with van der Waals surface area (Å²) >= 11 is 1.61. The van der Waals surface area contributed by atoms with E-state index in [4.69, 9.17) is 15.5 Å². The molecule has 1 aliphatic rings. The molecule has 0 radical (unpaired) electrons. The van der Waals surface area contributed by atoms with E-state index in [0.717, 1.165) is 17.2 Å². The number of nitrogens with two attached hydrogens (primary N) is 1. The number of aromatic nitrogens is 1. The van der Waals surface area contributed by atoms with Gasteiger partial charge >= 0.3 is 6.03 Å². The molecule has 0 saturated carbocycles. The molecule has 1 aromatic heterocycles. The highest BCUT2D eigenvalue weighted by atomic mass is 32.1. The largest absolute Gasteiger partial charge is 0.368 e. The fraction of sp³-hybridized carbons (Fsp3) is 0.667. The molecular weight excluding hydrogens is 316 g/mol. The number of primary amides is 1. The third-order valence-electron chi connectivity index (χ3n) is 3.63. The number of nitrogens with zero attached hydrogens (tertiary/aromatic N) is 2. The number of ether oxygens (including phenoxy) is 1. The van der Waals surface area contributed by atoms with E-state index in [0.29, 0.717) is 19.7 Å². The van der Waals surface area contributed by atoms with Gasteiger partial charge in [-0.05, 0) is 0 Å². The van der Waals surface area contributed by atoms with Gasteiger partial charge in [0, 0.05) is 36.9 Å². The summed E-state index contributed by atoms with van der Waals surface area (Å²) in [5.74, 6) is -0.357. The second-order valence-electron chi connectivity index (χ2n) is 6.64. The normalized spacial score (nSPS) is 19.5. The lowest BCUT2D eigenvalue weighted by Gasteiger charge is -2.31. The van der Waals surface area contributed by atoms with Gasteiger partial charge < -0.3 is 10.5 Å². The maximum Gasteiger partial charge on any atom is 0.318 e. The number of hydrogen-bond donors (Lipinski definition) is 2. The van der Waals surface area contributed by atoms with Gasteiger partial charge in [0.1, 0.15) is 11.1 Å². The van der Waals surface area contributed by atoms with Crippen LogP contribution in [0.1, 0.15) is 44.0 Å². The van der Waals surface area contributed by atoms with E-state index in [-0.39, 0.29) is 23.8 Å². The summed E-state index contributed by atoms with van der Waals surface area (Å²) in [6.45, 7) is 9.04. The molecule has 0 aromatic carbocycles. The minimum absolute atomic E-state index is 0.0238. The van der Waals surface area contributed by atoms with Gasteiger partial charge in [0.15, 0.2) is 0 Å². The van der Waals surface area contributed by atoms with Gasteiger partial charge in [-0.15, -0.1) is 11.3 Å². The Morgan fingerprint density at radius 2 is 2.26 bits per heavy atom. The molecule has 128 valence electrons. The van der Waals surface area contributed by atoms with Crippen molar-refractivity contribution in [2.24, 2.45) is 5.73 Å². The molecule has 1 aromatic rings. The quantitative estimate of drug-likeness (QED) is 0.863. The molecule has 2 heterocycles. The number of amides is 3. The van der Waals surface area contributed by atoms with E-state index in [1.807, 2.05) is 0 Å². The predicted octanol–water partition coefficient (Wildman–Crippen LogP) is 1.40. The van der Waals surface area contributed by atoms with Crippen molar-refractivity contribution in [1.82, 2.24) is 15.2 Å². The number of thiazole rings is 1. The first-order chi connectivity index (χ1) is 10.8. The molecule has 1 fully saturated rings. The Hall–Kier alpha value is -1.51. The molecule has 3 N–H and O–H groups in total. The highest BCUT2D eigenvalue weighted by Crippen LogP contribution is 2.30. The Balaban J connectivity index is 1.89. The molecule has 0 bridgehead atoms. The predicted molar refractivity (Wildman–Crippen MR) is 88.3 cm³/mol. The molecule has 1 saturated heterocycles. The van der Waals surface area contributed by atoms with Crippen molar-refractivity contribution in [3.8, 4) is 0 Å². The number of carbonyl (C=O) groups is 2. The first-order valence-corrected chi connectivity index (χ1v) is 8.53. The average Bonchev–Trinajstić information content (AvgIpc) is 2.94. The second-order valence-corrected chi connectivity index (χ2v) is 7.53. The molecule has 1 atom stereocenters. The Morgan fingerprint density at radius 1 is 1.52 bits per heavy atom. The number of imide groups is 1. The smallest absolute Gasteiger partial charge is 0.318 e. The fourth-order valence-electron chi connectivity index (χ4n) is 2.29. The summed E-state index contributed by atoms with van der Waals surface area (Å²) in [5, 5.41) is 5.13. The van der Waals surface area contributed by atoms with Crippen LogP contribution in [0.15, 0.2) is 5.38 Å². The van der Waals surface area contributed by atoms with E-state index in [2.05, 4.69) is 36.4 Å². The number of nitrogens with one attached hydrogen (secondary N) is 1. The van der Waals surface area contributed by atoms with Crippen molar-refractivity contribution in [2.75, 3.05) is 26.2 Å². The highest BCUT2D eigenvalue weighted by molar-refractivity contribution is 7.09. The van der Waals surface area contributed by atoms with E-state index >= 15 is 0 Å². The standard InChI is InChI=1S/C15H24N4O3S/c1-15(2,3)11-9-23-13(17-11)10-8-19(6-7-22-10)5-4-12(20)18-14(16)21/h9-10H,4-8H2,1-3H3,(H3,16,18,20,21)/t10-/m1/s1. The Bertz CT molecular complexity index is 567. The third-order valence-corrected chi connectivity index (χ3v) is 4.57. The van der Waals surface area contributed by atoms with Crippen molar-refractivity contribution in [1.29, 1.82) is 0 Å². The molecule has 1 aliphatic heterocycles. The summed E-state index contributed by atoms with van der Waals surface area (Å²) in [6, 6.07) is -0.813. The number of urea groups is 1. The van der Waals surface area contributed by atoms with Crippen LogP contribution in [0.4, 0.5) is 4.79 Å². The molecule has 3 amide bonds. The van der Waals surface area contributed by atoms with Crippen LogP contribution < -0.4 is 11.1 Å². The van der Waals surface area contributed by atoms with Crippen LogP contribution in [0, 0.1) is 0 Å². The van der Waals surface area contributed by atoms with Gasteiger partial charge in [-0.25, -0.2) is 9.78 Å². The summed E-state index contributed by atoms with van der Waals surface area (Å²) in [5.41, 5.74) is 6.02. The number of rotatable bonds is 4.